The van der Waals surface area contributed by atoms with Crippen LogP contribution in [0.2, 0.25) is 4.34 Å². The number of hydrogen-bond donors (Lipinski definition) is 2. The second kappa shape index (κ2) is 11.0. The van der Waals surface area contributed by atoms with Crippen LogP contribution in [-0.2, 0) is 10.5 Å². The molecule has 0 aliphatic carbocycles. The Labute approximate surface area is 239 Å². The maximum Gasteiger partial charge on any atom is 2.00 e. The Hall–Kier alpha value is -2.55. The fourth-order valence-electron chi connectivity index (χ4n) is 3.28. The average molecular weight is 564 g/mol. The summed E-state index contributed by atoms with van der Waals surface area (Å²) in [7, 11) is -1.48. The fourth-order valence-corrected chi connectivity index (χ4v) is 4.53. The van der Waals surface area contributed by atoms with Crippen molar-refractivity contribution in [2.75, 3.05) is 17.3 Å². The molecule has 2 aromatic heterocycles. The van der Waals surface area contributed by atoms with Gasteiger partial charge in [0, 0.05) is 7.05 Å². The van der Waals surface area contributed by atoms with E-state index in [1.807, 2.05) is 0 Å². The largest absolute Gasteiger partial charge is 2.00 e. The van der Waals surface area contributed by atoms with Crippen LogP contribution in [0, 0.1) is 5.82 Å². The number of urea groups is 1. The van der Waals surface area contributed by atoms with E-state index in [1.54, 1.807) is 0 Å². The van der Waals surface area contributed by atoms with Crippen LogP contribution in [0.3, 0.4) is 0 Å². The van der Waals surface area contributed by atoms with Crippen molar-refractivity contribution in [3.05, 3.63) is 79.5 Å². The quantitative estimate of drug-likeness (QED) is 0.363. The first-order chi connectivity index (χ1) is 16.2. The van der Waals surface area contributed by atoms with E-state index >= 15 is 0 Å². The Bertz CT molecular complexity index is 1700. The Balaban J connectivity index is 0.00000228. The molecule has 0 unspecified atom stereocenters. The first-order valence-electron chi connectivity index (χ1n) is 9.37. The minimum Gasteiger partial charge on any atom is -1.00 e. The van der Waals surface area contributed by atoms with Crippen molar-refractivity contribution in [2.45, 2.75) is 0 Å². The van der Waals surface area contributed by atoms with Gasteiger partial charge in [-0.2, -0.15) is 8.42 Å². The van der Waals surface area contributed by atoms with Crippen LogP contribution in [0.1, 0.15) is 2.85 Å². The number of amides is 2. The molecule has 0 aliphatic heterocycles. The molecule has 4 aromatic rings. The number of aromatic nitrogens is 2. The van der Waals surface area contributed by atoms with E-state index in [9.17, 15) is 27.2 Å². The Kier molecular flexibility index (Phi) is 8.51. The molecule has 178 valence electrons. The molecule has 4 rings (SSSR count). The van der Waals surface area contributed by atoms with E-state index in [-0.39, 0.29) is 68.6 Å². The monoisotopic (exact) mass is 563 g/mol. The number of carbonyl (C=O) groups excluding carboxylic acids is 1. The first-order valence-corrected chi connectivity index (χ1v) is 11.6. The van der Waals surface area contributed by atoms with Crippen LogP contribution in [0.25, 0.3) is 16.6 Å². The molecule has 15 heteroatoms. The molecule has 0 saturated carbocycles. The number of H-pyrrole nitrogens is 1. The summed E-state index contributed by atoms with van der Waals surface area (Å²) in [6.45, 7) is 0. The molecule has 2 aromatic carbocycles. The third kappa shape index (κ3) is 5.50. The van der Waals surface area contributed by atoms with Crippen LogP contribution in [-0.4, -0.2) is 68.8 Å². The van der Waals surface area contributed by atoms with Gasteiger partial charge in [-0.3, -0.25) is 9.69 Å². The molecule has 0 bridgehead atoms. The summed E-state index contributed by atoms with van der Waals surface area (Å²) in [4.78, 5) is 41.6. The second-order valence-electron chi connectivity index (χ2n) is 6.72. The molecule has 35 heavy (non-hydrogen) atoms. The van der Waals surface area contributed by atoms with Crippen molar-refractivity contribution in [2.24, 2.45) is 4.36 Å². The standard InChI is InChI=1S/C20H13ClFN5O5S2.Ca.2H/c1-23-15-9-14-12(8-13(15)22)18(28)27(19(29)24-14)11-4-2-10(3-5-11)26(20(30)25-34(31)32)17-7-6-16(21)33-17;;;/h2-9,23H,1H3,(H,24,29);;;/q;+2;2*-1. The molecule has 0 spiro atoms. The van der Waals surface area contributed by atoms with Crippen LogP contribution in [0.15, 0.2) is 62.5 Å². The number of fused-ring (bicyclic) bond motifs is 1. The third-order valence-corrected chi connectivity index (χ3v) is 6.27. The fraction of sp³-hybridized carbons (Fsp3) is 0.0500. The molecular formula is C20H15CaClFN5O5S2. The zero-order chi connectivity index (χ0) is 24.6. The number of aromatic amines is 1. The number of anilines is 3. The van der Waals surface area contributed by atoms with Crippen molar-refractivity contribution in [1.29, 1.82) is 0 Å². The van der Waals surface area contributed by atoms with E-state index in [0.29, 0.717) is 9.34 Å². The van der Waals surface area contributed by atoms with Gasteiger partial charge in [0.2, 0.25) is 0 Å². The van der Waals surface area contributed by atoms with Gasteiger partial charge in [-0.15, -0.1) is 11.3 Å². The SMILES string of the molecule is CNc1cc2[nH]c(=O)n(-c3ccc(N(C(=O)N=S(=O)=O)c4ccc(Cl)s4)cc3)c(=O)c2cc1F.[Ca+2].[H-].[H-]. The van der Waals surface area contributed by atoms with Gasteiger partial charge in [-0.05, 0) is 48.5 Å². The third-order valence-electron chi connectivity index (χ3n) is 4.74. The molecule has 0 aliphatic rings. The maximum atomic E-state index is 14.2. The van der Waals surface area contributed by atoms with Crippen molar-refractivity contribution >= 4 is 104 Å². The number of benzene rings is 2. The number of nitrogens with zero attached hydrogens (tertiary/aromatic N) is 3. The number of nitrogens with one attached hydrogen (secondary N) is 2. The Morgan fingerprint density at radius 3 is 2.46 bits per heavy atom. The van der Waals surface area contributed by atoms with Gasteiger partial charge in [0.25, 0.3) is 5.56 Å². The average Bonchev–Trinajstić information content (AvgIpc) is 3.20. The molecular weight excluding hydrogens is 549 g/mol. The van der Waals surface area contributed by atoms with Crippen LogP contribution >= 0.6 is 22.9 Å². The topological polar surface area (TPSA) is 134 Å². The first kappa shape index (κ1) is 27.0. The molecule has 2 N–H and O–H groups in total. The summed E-state index contributed by atoms with van der Waals surface area (Å²) >= 11 is 6.96. The van der Waals surface area contributed by atoms with Crippen LogP contribution in [0.4, 0.5) is 25.6 Å². The van der Waals surface area contributed by atoms with E-state index in [1.165, 1.54) is 49.5 Å². The van der Waals surface area contributed by atoms with Crippen LogP contribution < -0.4 is 21.5 Å². The van der Waals surface area contributed by atoms with E-state index in [2.05, 4.69) is 14.7 Å². The Morgan fingerprint density at radius 1 is 1.20 bits per heavy atom. The number of halogens is 2. The predicted octanol–water partition coefficient (Wildman–Crippen LogP) is 3.74. The zero-order valence-electron chi connectivity index (χ0n) is 19.8. The van der Waals surface area contributed by atoms with Gasteiger partial charge in [0.1, 0.15) is 10.8 Å². The zero-order valence-corrected chi connectivity index (χ0v) is 22.4. The van der Waals surface area contributed by atoms with E-state index < -0.39 is 33.6 Å². The van der Waals surface area contributed by atoms with Gasteiger partial charge in [0.15, 0.2) is 0 Å². The predicted molar refractivity (Wildman–Crippen MR) is 136 cm³/mol. The van der Waals surface area contributed by atoms with Crippen molar-refractivity contribution in [3.8, 4) is 5.69 Å². The smallest absolute Gasteiger partial charge is 1.00 e. The van der Waals surface area contributed by atoms with Gasteiger partial charge in [-0.1, -0.05) is 16.0 Å². The summed E-state index contributed by atoms with van der Waals surface area (Å²) in [5, 5.41) is 2.89. The summed E-state index contributed by atoms with van der Waals surface area (Å²) < 4.78 is 40.2. The number of rotatable bonds is 4. The van der Waals surface area contributed by atoms with Gasteiger partial charge in [0.05, 0.1) is 32.3 Å². The molecule has 0 saturated heterocycles. The second-order valence-corrected chi connectivity index (χ2v) is 9.03. The van der Waals surface area contributed by atoms with Crippen molar-refractivity contribution in [1.82, 2.24) is 9.55 Å². The summed E-state index contributed by atoms with van der Waals surface area (Å²) in [6.07, 6.45) is 0. The van der Waals surface area contributed by atoms with Crippen LogP contribution in [0.5, 0.6) is 0 Å². The van der Waals surface area contributed by atoms with Crippen molar-refractivity contribution in [3.63, 3.8) is 0 Å². The maximum absolute atomic E-state index is 14.2. The van der Waals surface area contributed by atoms with E-state index in [0.717, 1.165) is 26.9 Å². The van der Waals surface area contributed by atoms with Gasteiger partial charge >= 0.3 is 60.0 Å². The molecule has 2 heterocycles. The molecule has 10 nitrogen and oxygen atoms in total. The molecule has 0 atom stereocenters. The normalized spacial score (nSPS) is 10.5. The molecule has 0 radical (unpaired) electrons. The number of hydrogen-bond acceptors (Lipinski definition) is 7. The van der Waals surface area contributed by atoms with Crippen molar-refractivity contribution < 1.29 is 20.5 Å². The minimum atomic E-state index is -2.99. The minimum absolute atomic E-state index is 0. The summed E-state index contributed by atoms with van der Waals surface area (Å²) in [5.74, 6) is -0.663. The molecule has 0 fully saturated rings. The van der Waals surface area contributed by atoms with Gasteiger partial charge < -0.3 is 13.2 Å². The summed E-state index contributed by atoms with van der Waals surface area (Å²) in [6, 6.07) is 9.83. The summed E-state index contributed by atoms with van der Waals surface area (Å²) in [5.41, 5.74) is -0.886. The molecule has 2 amide bonds. The van der Waals surface area contributed by atoms with E-state index in [4.69, 9.17) is 11.6 Å². The number of thiophene rings is 1. The van der Waals surface area contributed by atoms with Gasteiger partial charge in [-0.25, -0.2) is 18.5 Å². The number of carbonyl (C=O) groups is 1. The Morgan fingerprint density at radius 2 is 1.89 bits per heavy atom.